The van der Waals surface area contributed by atoms with E-state index in [4.69, 9.17) is 0 Å². The van der Waals surface area contributed by atoms with E-state index in [2.05, 4.69) is 42.8 Å². The van der Waals surface area contributed by atoms with Crippen molar-refractivity contribution >= 4 is 27.3 Å². The third-order valence-electron chi connectivity index (χ3n) is 4.15. The van der Waals surface area contributed by atoms with Crippen LogP contribution in [0, 0.1) is 19.3 Å². The molecule has 1 aliphatic rings. The molecule has 0 N–H and O–H groups in total. The van der Waals surface area contributed by atoms with Crippen LogP contribution in [0.2, 0.25) is 0 Å². The number of aryl methyl sites for hydroxylation is 2. The van der Waals surface area contributed by atoms with E-state index in [1.54, 1.807) is 4.88 Å². The Hall–Kier alpha value is 0.180. The van der Waals surface area contributed by atoms with E-state index in [1.807, 2.05) is 11.3 Å². The van der Waals surface area contributed by atoms with Crippen molar-refractivity contribution in [1.82, 2.24) is 0 Å². The van der Waals surface area contributed by atoms with Gasteiger partial charge in [-0.25, -0.2) is 0 Å². The predicted octanol–water partition coefficient (Wildman–Crippen LogP) is 5.77. The van der Waals surface area contributed by atoms with Crippen molar-refractivity contribution in [2.45, 2.75) is 57.7 Å². The van der Waals surface area contributed by atoms with Crippen LogP contribution in [-0.4, -0.2) is 0 Å². The minimum atomic E-state index is 0.530. The van der Waals surface area contributed by atoms with Gasteiger partial charge in [-0.2, -0.15) is 0 Å². The van der Waals surface area contributed by atoms with E-state index in [1.165, 1.54) is 42.5 Å². The lowest BCUT2D eigenvalue weighted by atomic mass is 9.79. The molecular formula is C14H21BrS. The summed E-state index contributed by atoms with van der Waals surface area (Å²) in [6.07, 6.45) is 6.93. The van der Waals surface area contributed by atoms with Crippen molar-refractivity contribution in [2.75, 3.05) is 0 Å². The zero-order chi connectivity index (χ0) is 11.8. The predicted molar refractivity (Wildman–Crippen MR) is 76.7 cm³/mol. The zero-order valence-corrected chi connectivity index (χ0v) is 12.9. The van der Waals surface area contributed by atoms with Crippen LogP contribution < -0.4 is 0 Å². The number of hydrogen-bond acceptors (Lipinski definition) is 1. The normalized spacial score (nSPS) is 21.2. The smallest absolute Gasteiger partial charge is 0.0548 e. The molecule has 16 heavy (non-hydrogen) atoms. The maximum absolute atomic E-state index is 4.00. The Morgan fingerprint density at radius 3 is 2.44 bits per heavy atom. The minimum absolute atomic E-state index is 0.530. The van der Waals surface area contributed by atoms with E-state index in [0.717, 1.165) is 0 Å². The van der Waals surface area contributed by atoms with Crippen molar-refractivity contribution in [3.05, 3.63) is 21.4 Å². The number of rotatable bonds is 3. The van der Waals surface area contributed by atoms with Gasteiger partial charge in [0.05, 0.1) is 4.83 Å². The van der Waals surface area contributed by atoms with Crippen molar-refractivity contribution in [1.29, 1.82) is 0 Å². The molecule has 1 heterocycles. The Morgan fingerprint density at radius 1 is 1.38 bits per heavy atom. The number of thiophene rings is 1. The molecule has 0 amide bonds. The third kappa shape index (κ3) is 2.11. The van der Waals surface area contributed by atoms with Gasteiger partial charge in [-0.1, -0.05) is 35.7 Å². The Morgan fingerprint density at radius 2 is 2.00 bits per heavy atom. The average Bonchev–Trinajstić information content (AvgIpc) is 2.85. The van der Waals surface area contributed by atoms with E-state index in [-0.39, 0.29) is 0 Å². The standard InChI is InChI=1S/C14H21BrS/c1-4-14(7-5-6-8-14)13(15)12-10(2)9-11(3)16-12/h9,13H,4-8H2,1-3H3. The van der Waals surface area contributed by atoms with Gasteiger partial charge < -0.3 is 0 Å². The Labute approximate surface area is 112 Å². The van der Waals surface area contributed by atoms with Crippen molar-refractivity contribution in [3.63, 3.8) is 0 Å². The van der Waals surface area contributed by atoms with Gasteiger partial charge in [-0.15, -0.1) is 11.3 Å². The van der Waals surface area contributed by atoms with Gasteiger partial charge >= 0.3 is 0 Å². The number of halogens is 1. The van der Waals surface area contributed by atoms with E-state index < -0.39 is 0 Å². The Bertz CT molecular complexity index is 361. The molecule has 2 heteroatoms. The average molecular weight is 301 g/mol. The molecule has 1 aromatic heterocycles. The molecule has 1 atom stereocenters. The summed E-state index contributed by atoms with van der Waals surface area (Å²) >= 11 is 5.98. The van der Waals surface area contributed by atoms with Gasteiger partial charge in [0.25, 0.3) is 0 Å². The van der Waals surface area contributed by atoms with Crippen LogP contribution in [0.25, 0.3) is 0 Å². The van der Waals surface area contributed by atoms with Crippen LogP contribution in [0.3, 0.4) is 0 Å². The number of alkyl halides is 1. The molecule has 1 saturated carbocycles. The topological polar surface area (TPSA) is 0 Å². The van der Waals surface area contributed by atoms with Crippen molar-refractivity contribution in [2.24, 2.45) is 5.41 Å². The molecule has 1 aromatic rings. The van der Waals surface area contributed by atoms with Crippen LogP contribution in [-0.2, 0) is 0 Å². The highest BCUT2D eigenvalue weighted by Crippen LogP contribution is 2.55. The summed E-state index contributed by atoms with van der Waals surface area (Å²) in [5, 5.41) is 0. The minimum Gasteiger partial charge on any atom is -0.144 e. The molecule has 0 radical (unpaired) electrons. The first-order chi connectivity index (χ1) is 7.59. The molecule has 0 bridgehead atoms. The molecule has 2 rings (SSSR count). The first kappa shape index (κ1) is 12.6. The summed E-state index contributed by atoms with van der Waals surface area (Å²) in [5.74, 6) is 0. The fourth-order valence-corrected chi connectivity index (χ4v) is 5.63. The number of hydrogen-bond donors (Lipinski definition) is 0. The van der Waals surface area contributed by atoms with Gasteiger partial charge in [0.1, 0.15) is 0 Å². The van der Waals surface area contributed by atoms with Crippen LogP contribution in [0.5, 0.6) is 0 Å². The largest absolute Gasteiger partial charge is 0.144 e. The summed E-state index contributed by atoms with van der Waals surface area (Å²) in [7, 11) is 0. The molecule has 0 nitrogen and oxygen atoms in total. The second-order valence-electron chi connectivity index (χ2n) is 5.19. The van der Waals surface area contributed by atoms with Gasteiger partial charge in [-0.3, -0.25) is 0 Å². The van der Waals surface area contributed by atoms with Gasteiger partial charge in [0.2, 0.25) is 0 Å². The Balaban J connectivity index is 2.29. The highest BCUT2D eigenvalue weighted by molar-refractivity contribution is 9.09. The highest BCUT2D eigenvalue weighted by Gasteiger charge is 2.40. The molecule has 1 fully saturated rings. The van der Waals surface area contributed by atoms with E-state index in [0.29, 0.717) is 10.2 Å². The van der Waals surface area contributed by atoms with Gasteiger partial charge in [0.15, 0.2) is 0 Å². The SMILES string of the molecule is CCC1(C(Br)c2sc(C)cc2C)CCCC1. The quantitative estimate of drug-likeness (QED) is 0.622. The fourth-order valence-electron chi connectivity index (χ4n) is 3.05. The summed E-state index contributed by atoms with van der Waals surface area (Å²) in [6, 6.07) is 2.33. The first-order valence-electron chi connectivity index (χ1n) is 6.30. The maximum atomic E-state index is 4.00. The summed E-state index contributed by atoms with van der Waals surface area (Å²) < 4.78 is 0. The molecular weight excluding hydrogens is 280 g/mol. The monoisotopic (exact) mass is 300 g/mol. The maximum Gasteiger partial charge on any atom is 0.0548 e. The van der Waals surface area contributed by atoms with Crippen LogP contribution in [0.15, 0.2) is 6.07 Å². The lowest BCUT2D eigenvalue weighted by Crippen LogP contribution is -2.20. The lowest BCUT2D eigenvalue weighted by molar-refractivity contribution is 0.281. The molecule has 90 valence electrons. The van der Waals surface area contributed by atoms with Crippen LogP contribution >= 0.6 is 27.3 Å². The lowest BCUT2D eigenvalue weighted by Gasteiger charge is -2.33. The zero-order valence-electron chi connectivity index (χ0n) is 10.5. The Kier molecular flexibility index (Phi) is 3.80. The molecule has 0 aliphatic heterocycles. The first-order valence-corrected chi connectivity index (χ1v) is 8.03. The van der Waals surface area contributed by atoms with Crippen molar-refractivity contribution in [3.8, 4) is 0 Å². The molecule has 0 saturated heterocycles. The summed E-state index contributed by atoms with van der Waals surface area (Å²) in [5.41, 5.74) is 2.01. The van der Waals surface area contributed by atoms with Gasteiger partial charge in [0, 0.05) is 9.75 Å². The second kappa shape index (κ2) is 4.81. The summed E-state index contributed by atoms with van der Waals surface area (Å²) in [4.78, 5) is 3.59. The van der Waals surface area contributed by atoms with Gasteiger partial charge in [-0.05, 0) is 50.2 Å². The fraction of sp³-hybridized carbons (Fsp3) is 0.714. The molecule has 0 aromatic carbocycles. The van der Waals surface area contributed by atoms with E-state index >= 15 is 0 Å². The molecule has 1 unspecified atom stereocenters. The molecule has 1 aliphatic carbocycles. The molecule has 0 spiro atoms. The van der Waals surface area contributed by atoms with Crippen molar-refractivity contribution < 1.29 is 0 Å². The van der Waals surface area contributed by atoms with Crippen LogP contribution in [0.1, 0.15) is 59.2 Å². The summed E-state index contributed by atoms with van der Waals surface area (Å²) in [6.45, 7) is 6.83. The highest BCUT2D eigenvalue weighted by atomic mass is 79.9. The van der Waals surface area contributed by atoms with Crippen LogP contribution in [0.4, 0.5) is 0 Å². The second-order valence-corrected chi connectivity index (χ2v) is 7.39. The van der Waals surface area contributed by atoms with E-state index in [9.17, 15) is 0 Å². The third-order valence-corrected chi connectivity index (χ3v) is 7.10.